The average molecular weight is 343 g/mol. The van der Waals surface area contributed by atoms with Crippen LogP contribution in [0.4, 0.5) is 13.2 Å². The normalized spacial score (nSPS) is 13.5. The molecular formula is C20H16F3NO. The van der Waals surface area contributed by atoms with Gasteiger partial charge in [0.15, 0.2) is 5.75 Å². The monoisotopic (exact) mass is 343 g/mol. The van der Waals surface area contributed by atoms with Gasteiger partial charge in [0.05, 0.1) is 5.41 Å². The van der Waals surface area contributed by atoms with Crippen LogP contribution >= 0.6 is 0 Å². The number of hydrogen-bond acceptors (Lipinski definition) is 2. The van der Waals surface area contributed by atoms with Gasteiger partial charge in [-0.2, -0.15) is 13.2 Å². The average Bonchev–Trinajstić information content (AvgIpc) is 2.55. The highest BCUT2D eigenvalue weighted by Crippen LogP contribution is 2.49. The van der Waals surface area contributed by atoms with E-state index in [1.165, 1.54) is 13.8 Å². The number of halogens is 3. The summed E-state index contributed by atoms with van der Waals surface area (Å²) in [4.78, 5) is 4.39. The van der Waals surface area contributed by atoms with Gasteiger partial charge in [0.2, 0.25) is 0 Å². The molecule has 0 bridgehead atoms. The Kier molecular flexibility index (Phi) is 3.33. The van der Waals surface area contributed by atoms with Crippen molar-refractivity contribution in [3.05, 3.63) is 54.2 Å². The van der Waals surface area contributed by atoms with E-state index in [0.29, 0.717) is 22.8 Å². The second-order valence-corrected chi connectivity index (χ2v) is 6.97. The summed E-state index contributed by atoms with van der Waals surface area (Å²) >= 11 is 0. The van der Waals surface area contributed by atoms with Crippen LogP contribution < -0.4 is 4.74 Å². The van der Waals surface area contributed by atoms with E-state index >= 15 is 0 Å². The molecule has 1 aliphatic rings. The Bertz CT molecular complexity index is 971. The molecule has 5 heteroatoms. The summed E-state index contributed by atoms with van der Waals surface area (Å²) in [5.41, 5.74) is 0.147. The molecule has 0 aliphatic carbocycles. The topological polar surface area (TPSA) is 22.1 Å². The van der Waals surface area contributed by atoms with Crippen molar-refractivity contribution in [3.8, 4) is 22.8 Å². The largest absolute Gasteiger partial charge is 0.454 e. The van der Waals surface area contributed by atoms with Gasteiger partial charge < -0.3 is 4.74 Å². The molecule has 25 heavy (non-hydrogen) atoms. The molecule has 0 saturated carbocycles. The molecule has 0 unspecified atom stereocenters. The van der Waals surface area contributed by atoms with Crippen LogP contribution in [-0.4, -0.2) is 11.2 Å². The van der Waals surface area contributed by atoms with Gasteiger partial charge in [-0.1, -0.05) is 44.2 Å². The van der Waals surface area contributed by atoms with Gasteiger partial charge in [0.25, 0.3) is 0 Å². The molecule has 2 heterocycles. The predicted molar refractivity (Wildman–Crippen MR) is 90.8 cm³/mol. The summed E-state index contributed by atoms with van der Waals surface area (Å²) in [5, 5.41) is 1.96. The van der Waals surface area contributed by atoms with Gasteiger partial charge in [0.1, 0.15) is 11.4 Å². The van der Waals surface area contributed by atoms with Crippen molar-refractivity contribution in [1.82, 2.24) is 4.98 Å². The van der Waals surface area contributed by atoms with E-state index in [9.17, 15) is 13.2 Å². The van der Waals surface area contributed by atoms with Crippen molar-refractivity contribution in [3.63, 3.8) is 0 Å². The third kappa shape index (κ3) is 2.46. The molecule has 0 spiro atoms. The van der Waals surface area contributed by atoms with Crippen molar-refractivity contribution < 1.29 is 17.9 Å². The predicted octanol–water partition coefficient (Wildman–Crippen LogP) is 6.14. The maximum atomic E-state index is 13.3. The highest BCUT2D eigenvalue weighted by atomic mass is 19.4. The highest BCUT2D eigenvalue weighted by Gasteiger charge is 2.47. The van der Waals surface area contributed by atoms with Crippen LogP contribution in [0.15, 0.2) is 48.7 Å². The van der Waals surface area contributed by atoms with Gasteiger partial charge in [-0.3, -0.25) is 4.98 Å². The van der Waals surface area contributed by atoms with E-state index in [-0.39, 0.29) is 6.42 Å². The molecule has 1 aromatic heterocycles. The molecule has 4 rings (SSSR count). The van der Waals surface area contributed by atoms with Crippen molar-refractivity contribution in [2.24, 2.45) is 5.41 Å². The van der Waals surface area contributed by atoms with Gasteiger partial charge >= 0.3 is 6.18 Å². The van der Waals surface area contributed by atoms with Crippen molar-refractivity contribution >= 4 is 10.8 Å². The van der Waals surface area contributed by atoms with Gasteiger partial charge in [-0.05, 0) is 29.5 Å². The fraction of sp³-hybridized carbons (Fsp3) is 0.250. The number of hydrogen-bond donors (Lipinski definition) is 0. The summed E-state index contributed by atoms with van der Waals surface area (Å²) in [5.74, 6) is 1.07. The first-order valence-corrected chi connectivity index (χ1v) is 8.02. The number of benzene rings is 2. The zero-order valence-corrected chi connectivity index (χ0v) is 13.8. The van der Waals surface area contributed by atoms with E-state index in [1.807, 2.05) is 36.4 Å². The van der Waals surface area contributed by atoms with E-state index < -0.39 is 11.6 Å². The van der Waals surface area contributed by atoms with Gasteiger partial charge in [0, 0.05) is 17.1 Å². The molecule has 2 aromatic carbocycles. The number of rotatable bonds is 2. The summed E-state index contributed by atoms with van der Waals surface area (Å²) in [7, 11) is 0. The molecule has 0 fully saturated rings. The quantitative estimate of drug-likeness (QED) is 0.436. The Morgan fingerprint density at radius 2 is 1.72 bits per heavy atom. The van der Waals surface area contributed by atoms with Crippen molar-refractivity contribution in [2.45, 2.75) is 26.4 Å². The van der Waals surface area contributed by atoms with Crippen LogP contribution in [0.2, 0.25) is 0 Å². The second kappa shape index (κ2) is 5.22. The molecule has 3 aromatic rings. The maximum Gasteiger partial charge on any atom is 0.394 e. The number of nitrogens with zero attached hydrogens (tertiary/aromatic N) is 1. The SMILES string of the molecule is CC(C)(Cc1ccnc2c1Oc1cccc3cccc-2c13)C(F)(F)F. The van der Waals surface area contributed by atoms with Gasteiger partial charge in [-0.15, -0.1) is 0 Å². The van der Waals surface area contributed by atoms with E-state index in [0.717, 1.165) is 16.3 Å². The van der Waals surface area contributed by atoms with Crippen LogP contribution in [0, 0.1) is 5.41 Å². The Balaban J connectivity index is 1.89. The Morgan fingerprint density at radius 3 is 2.44 bits per heavy atom. The lowest BCUT2D eigenvalue weighted by Crippen LogP contribution is -2.34. The Morgan fingerprint density at radius 1 is 1.00 bits per heavy atom. The minimum absolute atomic E-state index is 0.167. The number of aromatic nitrogens is 1. The smallest absolute Gasteiger partial charge is 0.394 e. The Hall–Kier alpha value is -2.56. The summed E-state index contributed by atoms with van der Waals surface area (Å²) in [6, 6.07) is 13.1. The third-order valence-electron chi connectivity index (χ3n) is 4.72. The van der Waals surface area contributed by atoms with Gasteiger partial charge in [-0.25, -0.2) is 0 Å². The molecule has 0 atom stereocenters. The van der Waals surface area contributed by atoms with Crippen molar-refractivity contribution in [2.75, 3.05) is 0 Å². The number of fused-ring (bicyclic) bond motifs is 2. The molecular weight excluding hydrogens is 327 g/mol. The molecule has 2 nitrogen and oxygen atoms in total. The first-order chi connectivity index (χ1) is 11.8. The van der Waals surface area contributed by atoms with Crippen LogP contribution in [0.3, 0.4) is 0 Å². The molecule has 0 radical (unpaired) electrons. The number of alkyl halides is 3. The molecule has 0 amide bonds. The highest BCUT2D eigenvalue weighted by molar-refractivity contribution is 6.03. The van der Waals surface area contributed by atoms with Crippen LogP contribution in [0.5, 0.6) is 11.5 Å². The standard InChI is InChI=1S/C20H16F3NO/c1-19(2,20(21,22)23)11-13-9-10-24-17-14-7-3-5-12-6-4-8-15(16(12)14)25-18(13)17/h3-10H,11H2,1-2H3. The number of pyridine rings is 1. The van der Waals surface area contributed by atoms with E-state index in [2.05, 4.69) is 4.98 Å². The van der Waals surface area contributed by atoms with Crippen LogP contribution in [0.1, 0.15) is 19.4 Å². The third-order valence-corrected chi connectivity index (χ3v) is 4.72. The van der Waals surface area contributed by atoms with Crippen LogP contribution in [-0.2, 0) is 6.42 Å². The maximum absolute atomic E-state index is 13.3. The zero-order chi connectivity index (χ0) is 17.8. The lowest BCUT2D eigenvalue weighted by molar-refractivity contribution is -0.211. The molecule has 0 saturated heterocycles. The lowest BCUT2D eigenvalue weighted by atomic mass is 9.84. The summed E-state index contributed by atoms with van der Waals surface area (Å²) in [6.45, 7) is 2.41. The van der Waals surface area contributed by atoms with E-state index in [1.54, 1.807) is 12.3 Å². The summed E-state index contributed by atoms with van der Waals surface area (Å²) < 4.78 is 46.0. The first-order valence-electron chi connectivity index (χ1n) is 8.02. The lowest BCUT2D eigenvalue weighted by Gasteiger charge is -2.29. The minimum atomic E-state index is -4.30. The fourth-order valence-corrected chi connectivity index (χ4v) is 3.21. The Labute approximate surface area is 143 Å². The molecule has 1 aliphatic heterocycles. The van der Waals surface area contributed by atoms with Crippen molar-refractivity contribution in [1.29, 1.82) is 0 Å². The minimum Gasteiger partial charge on any atom is -0.454 e. The second-order valence-electron chi connectivity index (χ2n) is 6.97. The summed E-state index contributed by atoms with van der Waals surface area (Å²) in [6.07, 6.45) is -2.91. The number of ether oxygens (including phenoxy) is 1. The van der Waals surface area contributed by atoms with E-state index in [4.69, 9.17) is 4.74 Å². The molecule has 128 valence electrons. The first kappa shape index (κ1) is 15.9. The van der Waals surface area contributed by atoms with Crippen LogP contribution in [0.25, 0.3) is 22.0 Å². The zero-order valence-electron chi connectivity index (χ0n) is 13.8. The fourth-order valence-electron chi connectivity index (χ4n) is 3.21. The molecule has 0 N–H and O–H groups in total.